The van der Waals surface area contributed by atoms with Gasteiger partial charge in [0, 0.05) is 20.4 Å². The fraction of sp³-hybridized carbons (Fsp3) is 0.143. The van der Waals surface area contributed by atoms with E-state index in [9.17, 15) is 0 Å². The Hall–Kier alpha value is -1.31. The van der Waals surface area contributed by atoms with Gasteiger partial charge in [-0.3, -0.25) is 0 Å². The Kier molecular flexibility index (Phi) is 14.7. The van der Waals surface area contributed by atoms with Gasteiger partial charge in [0.15, 0.2) is 0 Å². The minimum Gasteiger partial charge on any atom is -1.00 e. The zero-order valence-corrected chi connectivity index (χ0v) is 22.7. The van der Waals surface area contributed by atoms with Crippen molar-refractivity contribution in [1.82, 2.24) is 0 Å². The molecule has 0 saturated heterocycles. The second kappa shape index (κ2) is 16.3. The van der Waals surface area contributed by atoms with Crippen molar-refractivity contribution >= 4 is 37.7 Å². The molecule has 0 aliphatic carbocycles. The fourth-order valence-electron chi connectivity index (χ4n) is 3.23. The van der Waals surface area contributed by atoms with Crippen LogP contribution in [0.3, 0.4) is 0 Å². The SMILES string of the molecule is CCC(C)P(c1ccccc1)c1ccccc1.[Cl-].[Pd].c1ccc(Pc2ccccc2)cc1. The molecule has 4 aromatic carbocycles. The molecule has 0 radical (unpaired) electrons. The maximum absolute atomic E-state index is 2.37. The van der Waals surface area contributed by atoms with Crippen molar-refractivity contribution in [2.75, 3.05) is 0 Å². The van der Waals surface area contributed by atoms with E-state index in [1.165, 1.54) is 27.6 Å². The summed E-state index contributed by atoms with van der Waals surface area (Å²) in [4.78, 5) is 0. The van der Waals surface area contributed by atoms with Gasteiger partial charge in [-0.1, -0.05) is 144 Å². The van der Waals surface area contributed by atoms with Gasteiger partial charge in [0.2, 0.25) is 0 Å². The molecule has 1 unspecified atom stereocenters. The molecule has 0 aliphatic heterocycles. The number of benzene rings is 4. The molecular formula is C28H30ClP2Pd-. The summed E-state index contributed by atoms with van der Waals surface area (Å²) in [6.07, 6.45) is 1.23. The van der Waals surface area contributed by atoms with Crippen LogP contribution in [0.2, 0.25) is 0 Å². The summed E-state index contributed by atoms with van der Waals surface area (Å²) in [6, 6.07) is 43.0. The summed E-state index contributed by atoms with van der Waals surface area (Å²) >= 11 is 0. The van der Waals surface area contributed by atoms with Crippen LogP contribution in [0.25, 0.3) is 0 Å². The molecule has 0 aromatic heterocycles. The molecule has 0 spiro atoms. The van der Waals surface area contributed by atoms with Crippen molar-refractivity contribution in [3.8, 4) is 0 Å². The van der Waals surface area contributed by atoms with Crippen molar-refractivity contribution in [1.29, 1.82) is 0 Å². The maximum atomic E-state index is 2.37. The third-order valence-corrected chi connectivity index (χ3v) is 9.14. The van der Waals surface area contributed by atoms with Crippen molar-refractivity contribution < 1.29 is 32.8 Å². The van der Waals surface area contributed by atoms with Crippen molar-refractivity contribution in [3.05, 3.63) is 121 Å². The Labute approximate surface area is 216 Å². The molecule has 4 aromatic rings. The first-order valence-corrected chi connectivity index (χ1v) is 13.0. The predicted molar refractivity (Wildman–Crippen MR) is 139 cm³/mol. The van der Waals surface area contributed by atoms with Crippen LogP contribution < -0.4 is 33.6 Å². The Morgan fingerprint density at radius 3 is 1.22 bits per heavy atom. The molecule has 1 atom stereocenters. The van der Waals surface area contributed by atoms with Crippen molar-refractivity contribution in [2.24, 2.45) is 0 Å². The van der Waals surface area contributed by atoms with Gasteiger partial charge in [-0.05, 0) is 41.2 Å². The van der Waals surface area contributed by atoms with Crippen LogP contribution in [0.15, 0.2) is 121 Å². The quantitative estimate of drug-likeness (QED) is 0.247. The molecule has 0 nitrogen and oxygen atoms in total. The number of halogens is 1. The maximum Gasteiger partial charge on any atom is 0 e. The van der Waals surface area contributed by atoms with E-state index in [-0.39, 0.29) is 40.8 Å². The molecule has 170 valence electrons. The molecule has 4 rings (SSSR count). The summed E-state index contributed by atoms with van der Waals surface area (Å²) < 4.78 is 0. The van der Waals surface area contributed by atoms with Crippen LogP contribution in [0.5, 0.6) is 0 Å². The number of hydrogen-bond donors (Lipinski definition) is 0. The first kappa shape index (κ1) is 28.7. The first-order chi connectivity index (χ1) is 14.8. The van der Waals surface area contributed by atoms with Crippen LogP contribution in [-0.2, 0) is 20.4 Å². The average Bonchev–Trinajstić information content (AvgIpc) is 2.82. The van der Waals surface area contributed by atoms with E-state index in [4.69, 9.17) is 0 Å². The molecule has 32 heavy (non-hydrogen) atoms. The van der Waals surface area contributed by atoms with Gasteiger partial charge in [-0.25, -0.2) is 0 Å². The molecule has 0 fully saturated rings. The first-order valence-electron chi connectivity index (χ1n) is 10.5. The summed E-state index contributed by atoms with van der Waals surface area (Å²) in [7, 11) is 0.565. The molecule has 0 heterocycles. The minimum absolute atomic E-state index is 0. The van der Waals surface area contributed by atoms with Gasteiger partial charge < -0.3 is 12.4 Å². The Morgan fingerprint density at radius 1 is 0.594 bits per heavy atom. The summed E-state index contributed by atoms with van der Waals surface area (Å²) in [5, 5.41) is 5.77. The second-order valence-corrected chi connectivity index (χ2v) is 11.2. The predicted octanol–water partition coefficient (Wildman–Crippen LogP) is 3.24. The van der Waals surface area contributed by atoms with E-state index < -0.39 is 0 Å². The standard InChI is InChI=1S/C16H19P.C12H11P.ClH.Pd/c1-3-14(2)17(15-10-6-4-7-11-15)16-12-8-5-9-13-16;1-3-7-11(8-4-1)13-12-9-5-2-6-10-12;;/h4-14H,3H2,1-2H3;1-10,13H;1H;/p-1. The number of rotatable bonds is 6. The molecule has 4 heteroatoms. The Bertz CT molecular complexity index is 890. The second-order valence-electron chi connectivity index (χ2n) is 7.16. The summed E-state index contributed by atoms with van der Waals surface area (Å²) in [5.74, 6) is 0. The molecule has 0 saturated carbocycles. The fourth-order valence-corrected chi connectivity index (χ4v) is 6.95. The normalized spacial score (nSPS) is 10.7. The monoisotopic (exact) mass is 569 g/mol. The van der Waals surface area contributed by atoms with Crippen LogP contribution in [-0.4, -0.2) is 5.66 Å². The van der Waals surface area contributed by atoms with Crippen LogP contribution in [0.1, 0.15) is 20.3 Å². The molecule has 0 aliphatic rings. The van der Waals surface area contributed by atoms with E-state index in [1.54, 1.807) is 0 Å². The Balaban J connectivity index is 0.000000310. The van der Waals surface area contributed by atoms with E-state index in [0.717, 1.165) is 14.2 Å². The third kappa shape index (κ3) is 9.28. The van der Waals surface area contributed by atoms with Gasteiger partial charge in [0.1, 0.15) is 0 Å². The van der Waals surface area contributed by atoms with Crippen LogP contribution >= 0.6 is 16.5 Å². The van der Waals surface area contributed by atoms with Gasteiger partial charge in [0.05, 0.1) is 0 Å². The van der Waals surface area contributed by atoms with Crippen molar-refractivity contribution in [2.45, 2.75) is 25.9 Å². The smallest absolute Gasteiger partial charge is 0 e. The largest absolute Gasteiger partial charge is 1.00 e. The van der Waals surface area contributed by atoms with Gasteiger partial charge in [-0.15, -0.1) is 0 Å². The zero-order chi connectivity index (χ0) is 21.0. The van der Waals surface area contributed by atoms with E-state index in [2.05, 4.69) is 135 Å². The van der Waals surface area contributed by atoms with Crippen molar-refractivity contribution in [3.63, 3.8) is 0 Å². The van der Waals surface area contributed by atoms with Crippen LogP contribution in [0.4, 0.5) is 0 Å². The van der Waals surface area contributed by atoms with Gasteiger partial charge in [-0.2, -0.15) is 0 Å². The van der Waals surface area contributed by atoms with E-state index in [0.29, 0.717) is 0 Å². The van der Waals surface area contributed by atoms with Gasteiger partial charge >= 0.3 is 0 Å². The topological polar surface area (TPSA) is 0 Å². The van der Waals surface area contributed by atoms with Crippen LogP contribution in [0, 0.1) is 0 Å². The van der Waals surface area contributed by atoms with E-state index in [1.807, 2.05) is 0 Å². The third-order valence-electron chi connectivity index (χ3n) is 4.94. The molecule has 0 bridgehead atoms. The summed E-state index contributed by atoms with van der Waals surface area (Å²) in [6.45, 7) is 4.65. The number of hydrogen-bond acceptors (Lipinski definition) is 0. The van der Waals surface area contributed by atoms with E-state index >= 15 is 0 Å². The summed E-state index contributed by atoms with van der Waals surface area (Å²) in [5.41, 5.74) is 0.731. The average molecular weight is 570 g/mol. The van der Waals surface area contributed by atoms with Gasteiger partial charge in [0.25, 0.3) is 0 Å². The minimum atomic E-state index is -0.212. The molecule has 0 amide bonds. The molecule has 0 N–H and O–H groups in total. The zero-order valence-electron chi connectivity index (χ0n) is 18.5. The molecular weight excluding hydrogens is 540 g/mol. The Morgan fingerprint density at radius 2 is 0.906 bits per heavy atom.